The summed E-state index contributed by atoms with van der Waals surface area (Å²) in [4.78, 5) is 0. The van der Waals surface area contributed by atoms with E-state index in [-0.39, 0.29) is 10.6 Å². The van der Waals surface area contributed by atoms with Gasteiger partial charge in [0.25, 0.3) is 0 Å². The molecule has 1 N–H and O–H groups in total. The van der Waals surface area contributed by atoms with E-state index in [2.05, 4.69) is 54.3 Å². The number of benzene rings is 1. The third-order valence-corrected chi connectivity index (χ3v) is 11.8. The molecule has 0 saturated heterocycles. The Balaban J connectivity index is 2.72. The molecule has 0 radical (unpaired) electrons. The lowest BCUT2D eigenvalue weighted by molar-refractivity contribution is 0.0963. The summed E-state index contributed by atoms with van der Waals surface area (Å²) in [5.41, 5.74) is 2.19. The molecule has 1 unspecified atom stereocenters. The summed E-state index contributed by atoms with van der Waals surface area (Å²) in [5.74, 6) is 0.322. The predicted octanol–water partition coefficient (Wildman–Crippen LogP) is 9.19. The van der Waals surface area contributed by atoms with Gasteiger partial charge in [-0.3, -0.25) is 0 Å². The van der Waals surface area contributed by atoms with Crippen molar-refractivity contribution in [1.29, 1.82) is 0 Å². The zero-order valence-electron chi connectivity index (χ0n) is 21.7. The van der Waals surface area contributed by atoms with Crippen LogP contribution in [0.25, 0.3) is 0 Å². The Morgan fingerprint density at radius 2 is 1.42 bits per heavy atom. The smallest absolute Gasteiger partial charge is 0.193 e. The van der Waals surface area contributed by atoms with E-state index in [0.29, 0.717) is 5.75 Å². The molecule has 0 spiro atoms. The second-order valence-corrected chi connectivity index (χ2v) is 15.8. The van der Waals surface area contributed by atoms with Crippen LogP contribution in [0.1, 0.15) is 104 Å². The lowest BCUT2D eigenvalue weighted by Crippen LogP contribution is -2.49. The van der Waals surface area contributed by atoms with Crippen LogP contribution in [-0.2, 0) is 10.8 Å². The van der Waals surface area contributed by atoms with Crippen LogP contribution in [-0.4, -0.2) is 19.0 Å². The Labute approximate surface area is 194 Å². The molecular formula is C28H50O2Si. The van der Waals surface area contributed by atoms with Gasteiger partial charge in [-0.1, -0.05) is 91.4 Å². The molecule has 0 fully saturated rings. The first-order valence-corrected chi connectivity index (χ1v) is 15.5. The van der Waals surface area contributed by atoms with E-state index in [0.717, 1.165) is 19.3 Å². The SMILES string of the molecule is C=C(CCCCCCCCCC)C(C)(CCc1ccc(O)cc1)O[Si](C)(C)C(C)(C)C. The molecule has 0 aliphatic heterocycles. The van der Waals surface area contributed by atoms with Crippen LogP contribution >= 0.6 is 0 Å². The van der Waals surface area contributed by atoms with Gasteiger partial charge in [-0.05, 0) is 74.0 Å². The minimum Gasteiger partial charge on any atom is -0.508 e. The number of phenolic OH excluding ortho intramolecular Hbond substituents is 1. The average Bonchev–Trinajstić information content (AvgIpc) is 2.68. The van der Waals surface area contributed by atoms with Crippen LogP contribution in [0, 0.1) is 0 Å². The topological polar surface area (TPSA) is 29.5 Å². The maximum Gasteiger partial charge on any atom is 0.193 e. The molecule has 3 heteroatoms. The van der Waals surface area contributed by atoms with Gasteiger partial charge >= 0.3 is 0 Å². The average molecular weight is 447 g/mol. The van der Waals surface area contributed by atoms with Crippen LogP contribution in [0.15, 0.2) is 36.4 Å². The number of unbranched alkanes of at least 4 members (excludes halogenated alkanes) is 7. The molecule has 2 nitrogen and oxygen atoms in total. The number of phenols is 1. The lowest BCUT2D eigenvalue weighted by atomic mass is 9.87. The summed E-state index contributed by atoms with van der Waals surface area (Å²) in [7, 11) is -1.92. The standard InChI is InChI=1S/C28H50O2Si/c1-9-10-11-12-13-14-15-16-17-24(2)28(6,30-31(7,8)27(3,4)5)23-22-25-18-20-26(29)21-19-25/h18-21,29H,2,9-17,22-23H2,1,3-8H3. The van der Waals surface area contributed by atoms with Gasteiger partial charge in [-0.25, -0.2) is 0 Å². The van der Waals surface area contributed by atoms with Gasteiger partial charge < -0.3 is 9.53 Å². The van der Waals surface area contributed by atoms with Crippen molar-refractivity contribution in [1.82, 2.24) is 0 Å². The van der Waals surface area contributed by atoms with Gasteiger partial charge in [0, 0.05) is 0 Å². The maximum atomic E-state index is 9.58. The van der Waals surface area contributed by atoms with Gasteiger partial charge in [-0.15, -0.1) is 0 Å². The van der Waals surface area contributed by atoms with Crippen molar-refractivity contribution < 1.29 is 9.53 Å². The number of hydrogen-bond acceptors (Lipinski definition) is 2. The highest BCUT2D eigenvalue weighted by molar-refractivity contribution is 6.74. The first-order valence-electron chi connectivity index (χ1n) is 12.6. The number of aryl methyl sites for hydroxylation is 1. The Bertz CT molecular complexity index is 642. The van der Waals surface area contributed by atoms with Crippen LogP contribution < -0.4 is 0 Å². The molecule has 0 aliphatic rings. The molecule has 0 saturated carbocycles. The van der Waals surface area contributed by atoms with Crippen LogP contribution in [0.5, 0.6) is 5.75 Å². The normalized spacial score (nSPS) is 14.4. The molecule has 1 rings (SSSR count). The first-order chi connectivity index (χ1) is 14.4. The lowest BCUT2D eigenvalue weighted by Gasteiger charge is -2.45. The van der Waals surface area contributed by atoms with Gasteiger partial charge in [0.15, 0.2) is 8.32 Å². The van der Waals surface area contributed by atoms with E-state index >= 15 is 0 Å². The van der Waals surface area contributed by atoms with Crippen molar-refractivity contribution in [3.63, 3.8) is 0 Å². The summed E-state index contributed by atoms with van der Waals surface area (Å²) >= 11 is 0. The van der Waals surface area contributed by atoms with Gasteiger partial charge in [-0.2, -0.15) is 0 Å². The van der Waals surface area contributed by atoms with Crippen LogP contribution in [0.2, 0.25) is 18.1 Å². The van der Waals surface area contributed by atoms with Crippen molar-refractivity contribution in [2.24, 2.45) is 0 Å². The third kappa shape index (κ3) is 9.95. The second kappa shape index (κ2) is 12.8. The van der Waals surface area contributed by atoms with Crippen molar-refractivity contribution >= 4 is 8.32 Å². The molecular weight excluding hydrogens is 396 g/mol. The van der Waals surface area contributed by atoms with Crippen LogP contribution in [0.3, 0.4) is 0 Å². The number of aromatic hydroxyl groups is 1. The molecule has 0 aliphatic carbocycles. The molecule has 178 valence electrons. The zero-order chi connectivity index (χ0) is 23.5. The number of hydrogen-bond donors (Lipinski definition) is 1. The molecule has 1 atom stereocenters. The van der Waals surface area contributed by atoms with Crippen molar-refractivity contribution in [3.8, 4) is 5.75 Å². The summed E-state index contributed by atoms with van der Waals surface area (Å²) in [6, 6.07) is 7.58. The highest BCUT2D eigenvalue weighted by Crippen LogP contribution is 2.42. The minimum absolute atomic E-state index is 0.172. The van der Waals surface area contributed by atoms with E-state index in [1.165, 1.54) is 62.5 Å². The summed E-state index contributed by atoms with van der Waals surface area (Å²) in [5, 5.41) is 9.76. The largest absolute Gasteiger partial charge is 0.508 e. The predicted molar refractivity (Wildman–Crippen MR) is 139 cm³/mol. The molecule has 0 amide bonds. The maximum absolute atomic E-state index is 9.58. The molecule has 1 aromatic carbocycles. The van der Waals surface area contributed by atoms with E-state index < -0.39 is 8.32 Å². The van der Waals surface area contributed by atoms with E-state index in [1.54, 1.807) is 12.1 Å². The van der Waals surface area contributed by atoms with Crippen molar-refractivity contribution in [2.45, 2.75) is 129 Å². The van der Waals surface area contributed by atoms with E-state index in [1.807, 2.05) is 12.1 Å². The minimum atomic E-state index is -1.92. The molecule has 0 aromatic heterocycles. The fourth-order valence-electron chi connectivity index (χ4n) is 3.80. The van der Waals surface area contributed by atoms with E-state index in [4.69, 9.17) is 4.43 Å². The molecule has 0 bridgehead atoms. The Hall–Kier alpha value is -1.06. The van der Waals surface area contributed by atoms with Gasteiger partial charge in [0.05, 0.1) is 5.60 Å². The monoisotopic (exact) mass is 446 g/mol. The Morgan fingerprint density at radius 1 is 0.903 bits per heavy atom. The summed E-state index contributed by atoms with van der Waals surface area (Å²) in [6.07, 6.45) is 13.6. The fourth-order valence-corrected chi connectivity index (χ4v) is 5.48. The molecule has 0 heterocycles. The molecule has 1 aromatic rings. The van der Waals surface area contributed by atoms with Crippen LogP contribution in [0.4, 0.5) is 0 Å². The molecule has 31 heavy (non-hydrogen) atoms. The van der Waals surface area contributed by atoms with Crippen molar-refractivity contribution in [3.05, 3.63) is 42.0 Å². The zero-order valence-corrected chi connectivity index (χ0v) is 22.7. The quantitative estimate of drug-likeness (QED) is 0.165. The summed E-state index contributed by atoms with van der Waals surface area (Å²) in [6.45, 7) is 20.7. The van der Waals surface area contributed by atoms with Gasteiger partial charge in [0.1, 0.15) is 5.75 Å². The fraction of sp³-hybridized carbons (Fsp3) is 0.714. The summed E-state index contributed by atoms with van der Waals surface area (Å²) < 4.78 is 7.01. The third-order valence-electron chi connectivity index (χ3n) is 7.19. The Morgan fingerprint density at radius 3 is 1.94 bits per heavy atom. The highest BCUT2D eigenvalue weighted by Gasteiger charge is 2.43. The van der Waals surface area contributed by atoms with Crippen molar-refractivity contribution in [2.75, 3.05) is 0 Å². The Kier molecular flexibility index (Phi) is 11.6. The van der Waals surface area contributed by atoms with E-state index in [9.17, 15) is 5.11 Å². The van der Waals surface area contributed by atoms with Gasteiger partial charge in [0.2, 0.25) is 0 Å². The highest BCUT2D eigenvalue weighted by atomic mass is 28.4. The second-order valence-electron chi connectivity index (χ2n) is 11.1. The number of rotatable bonds is 15. The first kappa shape index (κ1) is 28.0.